The minimum atomic E-state index is -0.161. The fourth-order valence-electron chi connectivity index (χ4n) is 2.39. The van der Waals surface area contributed by atoms with Crippen LogP contribution >= 0.6 is 15.9 Å². The van der Waals surface area contributed by atoms with Crippen LogP contribution in [0.15, 0.2) is 22.7 Å². The summed E-state index contributed by atoms with van der Waals surface area (Å²) < 4.78 is 14.0. The minimum Gasteiger partial charge on any atom is -0.299 e. The van der Waals surface area contributed by atoms with Gasteiger partial charge >= 0.3 is 0 Å². The van der Waals surface area contributed by atoms with Crippen molar-refractivity contribution in [3.8, 4) is 0 Å². The first kappa shape index (κ1) is 13.0. The Hall–Kier alpha value is -0.410. The van der Waals surface area contributed by atoms with Crippen molar-refractivity contribution in [3.63, 3.8) is 0 Å². The highest BCUT2D eigenvalue weighted by Gasteiger charge is 2.15. The zero-order chi connectivity index (χ0) is 12.3. The van der Waals surface area contributed by atoms with Crippen LogP contribution in [0.5, 0.6) is 0 Å². The molecule has 0 amide bonds. The first-order chi connectivity index (χ1) is 8.16. The smallest absolute Gasteiger partial charge is 0.137 e. The zero-order valence-electron chi connectivity index (χ0n) is 10.3. The average molecular weight is 300 g/mol. The van der Waals surface area contributed by atoms with E-state index in [1.807, 2.05) is 6.07 Å². The molecule has 1 fully saturated rings. The van der Waals surface area contributed by atoms with Crippen LogP contribution in [0.3, 0.4) is 0 Å². The second-order valence-electron chi connectivity index (χ2n) is 5.03. The largest absolute Gasteiger partial charge is 0.299 e. The highest BCUT2D eigenvalue weighted by Crippen LogP contribution is 2.24. The normalized spacial score (nSPS) is 22.4. The zero-order valence-corrected chi connectivity index (χ0v) is 11.8. The lowest BCUT2D eigenvalue weighted by Crippen LogP contribution is -2.24. The summed E-state index contributed by atoms with van der Waals surface area (Å²) >= 11 is 3.34. The minimum absolute atomic E-state index is 0.161. The van der Waals surface area contributed by atoms with Crippen molar-refractivity contribution in [3.05, 3.63) is 34.1 Å². The van der Waals surface area contributed by atoms with E-state index >= 15 is 0 Å². The molecule has 1 atom stereocenters. The third kappa shape index (κ3) is 3.52. The predicted octanol–water partition coefficient (Wildman–Crippen LogP) is 4.21. The van der Waals surface area contributed by atoms with Gasteiger partial charge in [0.05, 0.1) is 4.47 Å². The lowest BCUT2D eigenvalue weighted by atomic mass is 10.0. The summed E-state index contributed by atoms with van der Waals surface area (Å²) in [7, 11) is 0. The van der Waals surface area contributed by atoms with Gasteiger partial charge in [-0.05, 0) is 65.8 Å². The molecule has 2 rings (SSSR count). The average Bonchev–Trinajstić information content (AvgIpc) is 2.50. The molecule has 0 aliphatic carbocycles. The van der Waals surface area contributed by atoms with E-state index in [1.54, 1.807) is 6.07 Å². The Balaban J connectivity index is 2.02. The first-order valence-corrected chi connectivity index (χ1v) is 7.11. The molecule has 1 aliphatic heterocycles. The molecule has 94 valence electrons. The van der Waals surface area contributed by atoms with Crippen molar-refractivity contribution in [1.29, 1.82) is 0 Å². The second-order valence-corrected chi connectivity index (χ2v) is 5.82. The Labute approximate surface area is 111 Å². The summed E-state index contributed by atoms with van der Waals surface area (Å²) in [5, 5.41) is 0. The van der Waals surface area contributed by atoms with Crippen LogP contribution < -0.4 is 0 Å². The molecule has 1 aliphatic rings. The van der Waals surface area contributed by atoms with Crippen molar-refractivity contribution in [1.82, 2.24) is 4.90 Å². The van der Waals surface area contributed by atoms with E-state index in [0.717, 1.165) is 31.1 Å². The van der Waals surface area contributed by atoms with Gasteiger partial charge in [-0.1, -0.05) is 19.1 Å². The molecule has 1 aromatic carbocycles. The molecule has 3 heteroatoms. The van der Waals surface area contributed by atoms with Crippen LogP contribution in [-0.2, 0) is 6.54 Å². The van der Waals surface area contributed by atoms with Gasteiger partial charge in [0.2, 0.25) is 0 Å². The third-order valence-electron chi connectivity index (χ3n) is 3.53. The van der Waals surface area contributed by atoms with Crippen molar-refractivity contribution in [2.75, 3.05) is 13.1 Å². The summed E-state index contributed by atoms with van der Waals surface area (Å²) in [6.45, 7) is 5.43. The van der Waals surface area contributed by atoms with Crippen molar-refractivity contribution in [2.45, 2.75) is 32.7 Å². The second kappa shape index (κ2) is 5.96. The third-order valence-corrected chi connectivity index (χ3v) is 4.42. The lowest BCUT2D eigenvalue weighted by Gasteiger charge is -2.20. The van der Waals surface area contributed by atoms with Crippen molar-refractivity contribution in [2.24, 2.45) is 5.92 Å². The molecule has 1 unspecified atom stereocenters. The Morgan fingerprint density at radius 3 is 3.00 bits per heavy atom. The summed E-state index contributed by atoms with van der Waals surface area (Å²) in [6, 6.07) is 5.29. The molecule has 17 heavy (non-hydrogen) atoms. The summed E-state index contributed by atoms with van der Waals surface area (Å²) in [4.78, 5) is 2.43. The fourth-order valence-corrected chi connectivity index (χ4v) is 2.78. The first-order valence-electron chi connectivity index (χ1n) is 6.32. The van der Waals surface area contributed by atoms with E-state index in [9.17, 15) is 4.39 Å². The fraction of sp³-hybridized carbons (Fsp3) is 0.571. The van der Waals surface area contributed by atoms with Gasteiger partial charge in [-0.15, -0.1) is 0 Å². The van der Waals surface area contributed by atoms with Crippen molar-refractivity contribution >= 4 is 15.9 Å². The maximum Gasteiger partial charge on any atom is 0.137 e. The molecule has 1 aromatic rings. The number of hydrogen-bond acceptors (Lipinski definition) is 1. The summed E-state index contributed by atoms with van der Waals surface area (Å²) in [6.07, 6.45) is 3.84. The Bertz CT molecular complexity index is 380. The quantitative estimate of drug-likeness (QED) is 0.791. The van der Waals surface area contributed by atoms with Crippen LogP contribution in [0.4, 0.5) is 4.39 Å². The van der Waals surface area contributed by atoms with Crippen LogP contribution in [0.25, 0.3) is 0 Å². The van der Waals surface area contributed by atoms with E-state index in [4.69, 9.17) is 0 Å². The van der Waals surface area contributed by atoms with Gasteiger partial charge in [0.25, 0.3) is 0 Å². The number of halogens is 2. The van der Waals surface area contributed by atoms with E-state index < -0.39 is 0 Å². The van der Waals surface area contributed by atoms with E-state index in [1.165, 1.54) is 25.3 Å². The van der Waals surface area contributed by atoms with Gasteiger partial charge in [-0.2, -0.15) is 0 Å². The Morgan fingerprint density at radius 2 is 2.18 bits per heavy atom. The standard InChI is InChI=1S/C14H19BrFN/c1-11-4-3-8-17(9-7-11)10-12-5-2-6-13(16)14(12)15/h2,5-6,11H,3-4,7-10H2,1H3. The summed E-state index contributed by atoms with van der Waals surface area (Å²) in [5.74, 6) is 0.668. The molecule has 0 spiro atoms. The number of benzene rings is 1. The topological polar surface area (TPSA) is 3.24 Å². The molecular formula is C14H19BrFN. The number of nitrogens with zero attached hydrogens (tertiary/aromatic N) is 1. The molecule has 0 bridgehead atoms. The maximum atomic E-state index is 13.4. The Morgan fingerprint density at radius 1 is 1.35 bits per heavy atom. The van der Waals surface area contributed by atoms with E-state index in [2.05, 4.69) is 27.8 Å². The molecule has 1 saturated heterocycles. The van der Waals surface area contributed by atoms with E-state index in [-0.39, 0.29) is 5.82 Å². The molecule has 1 nitrogen and oxygen atoms in total. The van der Waals surface area contributed by atoms with Gasteiger partial charge in [0.15, 0.2) is 0 Å². The molecule has 1 heterocycles. The van der Waals surface area contributed by atoms with Gasteiger partial charge in [-0.25, -0.2) is 4.39 Å². The SMILES string of the molecule is CC1CCCN(Cc2cccc(F)c2Br)CC1. The van der Waals surface area contributed by atoms with Gasteiger partial charge < -0.3 is 0 Å². The van der Waals surface area contributed by atoms with Gasteiger partial charge in [0.1, 0.15) is 5.82 Å². The molecular weight excluding hydrogens is 281 g/mol. The van der Waals surface area contributed by atoms with Crippen LogP contribution in [-0.4, -0.2) is 18.0 Å². The van der Waals surface area contributed by atoms with Gasteiger partial charge in [0, 0.05) is 6.54 Å². The van der Waals surface area contributed by atoms with Gasteiger partial charge in [-0.3, -0.25) is 4.90 Å². The van der Waals surface area contributed by atoms with E-state index in [0.29, 0.717) is 4.47 Å². The van der Waals surface area contributed by atoms with Crippen molar-refractivity contribution < 1.29 is 4.39 Å². The lowest BCUT2D eigenvalue weighted by molar-refractivity contribution is 0.272. The molecule has 0 saturated carbocycles. The molecule has 0 radical (unpaired) electrons. The highest BCUT2D eigenvalue weighted by molar-refractivity contribution is 9.10. The summed E-state index contributed by atoms with van der Waals surface area (Å²) in [5.41, 5.74) is 1.06. The maximum absolute atomic E-state index is 13.4. The molecule has 0 aromatic heterocycles. The number of hydrogen-bond donors (Lipinski definition) is 0. The van der Waals surface area contributed by atoms with Crippen LogP contribution in [0.2, 0.25) is 0 Å². The molecule has 0 N–H and O–H groups in total. The highest BCUT2D eigenvalue weighted by atomic mass is 79.9. The number of rotatable bonds is 2. The van der Waals surface area contributed by atoms with Crippen LogP contribution in [0.1, 0.15) is 31.7 Å². The van der Waals surface area contributed by atoms with Crippen LogP contribution in [0, 0.1) is 11.7 Å². The number of likely N-dealkylation sites (tertiary alicyclic amines) is 1. The monoisotopic (exact) mass is 299 g/mol. The Kier molecular flexibility index (Phi) is 4.57. The predicted molar refractivity (Wildman–Crippen MR) is 72.4 cm³/mol.